The molecule has 0 aromatic carbocycles. The summed E-state index contributed by atoms with van der Waals surface area (Å²) in [4.78, 5) is 0. The highest BCUT2D eigenvalue weighted by molar-refractivity contribution is 4.66. The molecule has 5 heteroatoms. The maximum Gasteiger partial charge on any atom is 0.243 e. The zero-order valence-corrected chi connectivity index (χ0v) is 16.1. The second-order valence-electron chi connectivity index (χ2n) is 6.70. The molecule has 0 aliphatic rings. The largest absolute Gasteiger partial charge is 1.00 e. The van der Waals surface area contributed by atoms with E-state index in [0.29, 0.717) is 13.1 Å². The van der Waals surface area contributed by atoms with E-state index >= 15 is 0 Å². The fraction of sp³-hybridized carbons (Fsp3) is 0.842. The van der Waals surface area contributed by atoms with Crippen molar-refractivity contribution in [2.45, 2.75) is 96.7 Å². The molecule has 0 radical (unpaired) electrons. The number of nitrogens with zero attached hydrogens (tertiary/aromatic N) is 2. The van der Waals surface area contributed by atoms with Gasteiger partial charge in [0, 0.05) is 0 Å². The summed E-state index contributed by atoms with van der Waals surface area (Å²) in [7, 11) is 0. The van der Waals surface area contributed by atoms with E-state index in [0.717, 1.165) is 12.8 Å². The lowest BCUT2D eigenvalue weighted by Crippen LogP contribution is -3.00. The fourth-order valence-electron chi connectivity index (χ4n) is 3.00. The number of aromatic nitrogens is 2. The van der Waals surface area contributed by atoms with Gasteiger partial charge in [-0.05, 0) is 6.42 Å². The Bertz CT molecular complexity index is 385. The Labute approximate surface area is 154 Å². The lowest BCUT2D eigenvalue weighted by atomic mass is 10.0. The van der Waals surface area contributed by atoms with Gasteiger partial charge in [-0.2, -0.15) is 0 Å². The first kappa shape index (κ1) is 23.4. The third-order valence-electron chi connectivity index (χ3n) is 4.42. The topological polar surface area (TPSA) is 49.3 Å². The summed E-state index contributed by atoms with van der Waals surface area (Å²) >= 11 is 0. The van der Waals surface area contributed by atoms with Crippen molar-refractivity contribution in [2.24, 2.45) is 0 Å². The number of rotatable bonds is 15. The molecular formula is C19H37ClN2O2. The van der Waals surface area contributed by atoms with Crippen LogP contribution in [-0.4, -0.2) is 27.5 Å². The van der Waals surface area contributed by atoms with Gasteiger partial charge in [-0.25, -0.2) is 9.13 Å². The van der Waals surface area contributed by atoms with Crippen molar-refractivity contribution in [2.75, 3.05) is 6.61 Å². The molecule has 1 aromatic rings. The van der Waals surface area contributed by atoms with E-state index in [4.69, 9.17) is 5.11 Å². The molecule has 0 fully saturated rings. The molecule has 1 unspecified atom stereocenters. The number of hydrogen-bond acceptors (Lipinski definition) is 2. The lowest BCUT2D eigenvalue weighted by Gasteiger charge is -2.08. The summed E-state index contributed by atoms with van der Waals surface area (Å²) in [6.45, 7) is 3.67. The molecule has 0 spiro atoms. The van der Waals surface area contributed by atoms with Gasteiger partial charge in [0.2, 0.25) is 6.33 Å². The predicted molar refractivity (Wildman–Crippen MR) is 94.2 cm³/mol. The molecule has 0 saturated heterocycles. The van der Waals surface area contributed by atoms with Gasteiger partial charge in [0.1, 0.15) is 25.5 Å². The summed E-state index contributed by atoms with van der Waals surface area (Å²) in [5.41, 5.74) is 0. The van der Waals surface area contributed by atoms with E-state index in [-0.39, 0.29) is 25.1 Å². The molecule has 1 atom stereocenters. The van der Waals surface area contributed by atoms with E-state index in [1.165, 1.54) is 57.8 Å². The summed E-state index contributed by atoms with van der Waals surface area (Å²) < 4.78 is 3.93. The van der Waals surface area contributed by atoms with Crippen molar-refractivity contribution in [1.29, 1.82) is 0 Å². The molecule has 0 saturated carbocycles. The monoisotopic (exact) mass is 360 g/mol. The standard InChI is InChI=1S/C19H37N2O2.ClH/c1-2-3-4-5-6-7-8-9-10-11-12-19(23)17-21-14-13-20(18-21)15-16-22;/h13-14,18-19,22-23H,2-12,15-17H2,1H3;1H/q+1;/p-1. The van der Waals surface area contributed by atoms with Crippen molar-refractivity contribution >= 4 is 0 Å². The van der Waals surface area contributed by atoms with E-state index < -0.39 is 0 Å². The molecule has 0 amide bonds. The number of imidazole rings is 1. The summed E-state index contributed by atoms with van der Waals surface area (Å²) in [5.74, 6) is 0. The first-order valence-electron chi connectivity index (χ1n) is 9.60. The SMILES string of the molecule is CCCCCCCCCCCCC(O)C[n+]1ccn(CCO)c1.[Cl-]. The average Bonchev–Trinajstić information content (AvgIpc) is 2.96. The number of aliphatic hydroxyl groups is 2. The van der Waals surface area contributed by atoms with Crippen LogP contribution in [0.25, 0.3) is 0 Å². The second-order valence-corrected chi connectivity index (χ2v) is 6.70. The van der Waals surface area contributed by atoms with Crippen molar-refractivity contribution in [3.05, 3.63) is 18.7 Å². The Morgan fingerprint density at radius 3 is 2.12 bits per heavy atom. The highest BCUT2D eigenvalue weighted by Crippen LogP contribution is 2.12. The van der Waals surface area contributed by atoms with Crippen LogP contribution < -0.4 is 17.0 Å². The lowest BCUT2D eigenvalue weighted by molar-refractivity contribution is -0.703. The predicted octanol–water partition coefficient (Wildman–Crippen LogP) is 0.444. The van der Waals surface area contributed by atoms with Crippen LogP contribution in [-0.2, 0) is 13.1 Å². The summed E-state index contributed by atoms with van der Waals surface area (Å²) in [6.07, 6.45) is 19.8. The zero-order valence-electron chi connectivity index (χ0n) is 15.4. The van der Waals surface area contributed by atoms with Crippen LogP contribution in [0.5, 0.6) is 0 Å². The van der Waals surface area contributed by atoms with Crippen LogP contribution in [0.15, 0.2) is 18.7 Å². The third kappa shape index (κ3) is 11.9. The van der Waals surface area contributed by atoms with E-state index in [2.05, 4.69) is 6.92 Å². The highest BCUT2D eigenvalue weighted by Gasteiger charge is 2.10. The first-order valence-corrected chi connectivity index (χ1v) is 9.60. The zero-order chi connectivity index (χ0) is 16.8. The van der Waals surface area contributed by atoms with Crippen molar-refractivity contribution in [3.63, 3.8) is 0 Å². The van der Waals surface area contributed by atoms with Crippen LogP contribution in [0.1, 0.15) is 77.6 Å². The maximum atomic E-state index is 10.1. The van der Waals surface area contributed by atoms with Gasteiger partial charge in [0.05, 0.1) is 12.7 Å². The Kier molecular flexibility index (Phi) is 15.5. The molecular weight excluding hydrogens is 324 g/mol. The van der Waals surface area contributed by atoms with Gasteiger partial charge in [-0.15, -0.1) is 0 Å². The Hall–Kier alpha value is -0.580. The van der Waals surface area contributed by atoms with Crippen molar-refractivity contribution in [3.8, 4) is 0 Å². The smallest absolute Gasteiger partial charge is 0.243 e. The van der Waals surface area contributed by atoms with Crippen LogP contribution in [0.4, 0.5) is 0 Å². The number of unbranched alkanes of at least 4 members (excludes halogenated alkanes) is 9. The van der Waals surface area contributed by atoms with Crippen LogP contribution in [0, 0.1) is 0 Å². The normalized spacial score (nSPS) is 12.1. The van der Waals surface area contributed by atoms with Crippen molar-refractivity contribution < 1.29 is 27.2 Å². The molecule has 4 nitrogen and oxygen atoms in total. The third-order valence-corrected chi connectivity index (χ3v) is 4.42. The van der Waals surface area contributed by atoms with Crippen molar-refractivity contribution in [1.82, 2.24) is 4.57 Å². The molecule has 142 valence electrons. The van der Waals surface area contributed by atoms with E-state index in [1.54, 1.807) is 0 Å². The molecule has 1 heterocycles. The van der Waals surface area contributed by atoms with Gasteiger partial charge in [0.25, 0.3) is 0 Å². The Morgan fingerprint density at radius 1 is 0.958 bits per heavy atom. The van der Waals surface area contributed by atoms with E-state index in [1.807, 2.05) is 27.9 Å². The number of aliphatic hydroxyl groups excluding tert-OH is 2. The van der Waals surface area contributed by atoms with Crippen LogP contribution in [0.2, 0.25) is 0 Å². The molecule has 0 aliphatic carbocycles. The van der Waals surface area contributed by atoms with Gasteiger partial charge in [-0.3, -0.25) is 0 Å². The first-order chi connectivity index (χ1) is 11.3. The van der Waals surface area contributed by atoms with Gasteiger partial charge in [0.15, 0.2) is 0 Å². The van der Waals surface area contributed by atoms with Gasteiger partial charge < -0.3 is 22.6 Å². The van der Waals surface area contributed by atoms with Gasteiger partial charge in [-0.1, -0.05) is 71.1 Å². The van der Waals surface area contributed by atoms with E-state index in [9.17, 15) is 5.11 Å². The molecule has 24 heavy (non-hydrogen) atoms. The second kappa shape index (κ2) is 15.9. The quantitative estimate of drug-likeness (QED) is 0.352. The minimum absolute atomic E-state index is 0. The average molecular weight is 361 g/mol. The molecule has 2 N–H and O–H groups in total. The minimum atomic E-state index is -0.265. The Morgan fingerprint density at radius 2 is 1.54 bits per heavy atom. The minimum Gasteiger partial charge on any atom is -1.00 e. The van der Waals surface area contributed by atoms with Gasteiger partial charge >= 0.3 is 0 Å². The number of halogens is 1. The van der Waals surface area contributed by atoms with Crippen LogP contribution in [0.3, 0.4) is 0 Å². The fourth-order valence-corrected chi connectivity index (χ4v) is 3.00. The summed E-state index contributed by atoms with van der Waals surface area (Å²) in [6, 6.07) is 0. The van der Waals surface area contributed by atoms with Crippen LogP contribution >= 0.6 is 0 Å². The molecule has 0 aliphatic heterocycles. The Balaban J connectivity index is 0.00000529. The molecule has 0 bridgehead atoms. The number of hydrogen-bond donors (Lipinski definition) is 2. The maximum absolute atomic E-state index is 10.1. The molecule has 1 rings (SSSR count). The molecule has 1 aromatic heterocycles. The summed E-state index contributed by atoms with van der Waals surface area (Å²) in [5, 5.41) is 19.0. The highest BCUT2D eigenvalue weighted by atomic mass is 35.5.